The zero-order valence-electron chi connectivity index (χ0n) is 21.1. The van der Waals surface area contributed by atoms with E-state index in [0.29, 0.717) is 29.1 Å². The number of nitrogens with two attached hydrogens (primary N) is 1. The quantitative estimate of drug-likeness (QED) is 0.447. The molecular formula is C30H32N4O4. The van der Waals surface area contributed by atoms with E-state index in [-0.39, 0.29) is 36.4 Å². The van der Waals surface area contributed by atoms with Crippen LogP contribution in [0.2, 0.25) is 0 Å². The number of carbonyl (C=O) groups is 3. The SMILES string of the molecule is NC1CCCCC1NC(=O)c1ccc2c(c1)NC(=O)C(Cc1ccccc1)N2C(=O)COc1ccccc1. The van der Waals surface area contributed by atoms with Crippen molar-refractivity contribution in [2.75, 3.05) is 16.8 Å². The molecule has 8 heteroatoms. The number of para-hydroxylation sites is 1. The fourth-order valence-corrected chi connectivity index (χ4v) is 5.14. The van der Waals surface area contributed by atoms with Gasteiger partial charge in [0.25, 0.3) is 11.8 Å². The third-order valence-corrected chi connectivity index (χ3v) is 7.17. The molecule has 3 amide bonds. The van der Waals surface area contributed by atoms with Crippen molar-refractivity contribution < 1.29 is 19.1 Å². The Kier molecular flexibility index (Phi) is 7.70. The van der Waals surface area contributed by atoms with Crippen LogP contribution in [-0.2, 0) is 16.0 Å². The molecule has 3 atom stereocenters. The van der Waals surface area contributed by atoms with Crippen LogP contribution in [0, 0.1) is 0 Å². The molecule has 4 N–H and O–H groups in total. The molecule has 3 aromatic carbocycles. The van der Waals surface area contributed by atoms with Crippen molar-refractivity contribution in [3.05, 3.63) is 90.0 Å². The average molecular weight is 513 g/mol. The molecule has 0 bridgehead atoms. The Morgan fingerprint density at radius 3 is 2.42 bits per heavy atom. The lowest BCUT2D eigenvalue weighted by atomic mass is 9.91. The van der Waals surface area contributed by atoms with Gasteiger partial charge in [-0.1, -0.05) is 61.4 Å². The van der Waals surface area contributed by atoms with E-state index in [1.54, 1.807) is 30.3 Å². The highest BCUT2D eigenvalue weighted by Crippen LogP contribution is 2.34. The van der Waals surface area contributed by atoms with Crippen molar-refractivity contribution in [2.24, 2.45) is 5.73 Å². The zero-order valence-corrected chi connectivity index (χ0v) is 21.1. The van der Waals surface area contributed by atoms with Crippen LogP contribution in [0.4, 0.5) is 11.4 Å². The molecule has 38 heavy (non-hydrogen) atoms. The molecule has 0 aromatic heterocycles. The number of anilines is 2. The molecule has 2 aliphatic rings. The fraction of sp³-hybridized carbons (Fsp3) is 0.300. The smallest absolute Gasteiger partial charge is 0.265 e. The summed E-state index contributed by atoms with van der Waals surface area (Å²) in [5, 5.41) is 5.96. The second kappa shape index (κ2) is 11.5. The van der Waals surface area contributed by atoms with E-state index in [1.807, 2.05) is 48.5 Å². The van der Waals surface area contributed by atoms with Crippen molar-refractivity contribution >= 4 is 29.1 Å². The van der Waals surface area contributed by atoms with Gasteiger partial charge in [0.2, 0.25) is 5.91 Å². The van der Waals surface area contributed by atoms with E-state index in [2.05, 4.69) is 10.6 Å². The monoisotopic (exact) mass is 512 g/mol. The number of hydrogen-bond donors (Lipinski definition) is 3. The Hall–Kier alpha value is -4.17. The third kappa shape index (κ3) is 5.70. The molecule has 0 saturated heterocycles. The van der Waals surface area contributed by atoms with Gasteiger partial charge in [0.15, 0.2) is 6.61 Å². The lowest BCUT2D eigenvalue weighted by Gasteiger charge is -2.37. The molecule has 0 radical (unpaired) electrons. The lowest BCUT2D eigenvalue weighted by molar-refractivity contribution is -0.125. The maximum Gasteiger partial charge on any atom is 0.265 e. The molecule has 1 aliphatic carbocycles. The molecule has 3 aromatic rings. The van der Waals surface area contributed by atoms with E-state index < -0.39 is 6.04 Å². The number of hydrogen-bond acceptors (Lipinski definition) is 5. The van der Waals surface area contributed by atoms with Crippen molar-refractivity contribution in [1.82, 2.24) is 5.32 Å². The summed E-state index contributed by atoms with van der Waals surface area (Å²) in [6, 6.07) is 22.7. The van der Waals surface area contributed by atoms with Crippen LogP contribution in [0.1, 0.15) is 41.6 Å². The summed E-state index contributed by atoms with van der Waals surface area (Å²) in [6.07, 6.45) is 4.17. The minimum absolute atomic E-state index is 0.0681. The van der Waals surface area contributed by atoms with Crippen LogP contribution in [0.3, 0.4) is 0 Å². The Bertz CT molecular complexity index is 1300. The minimum Gasteiger partial charge on any atom is -0.484 e. The van der Waals surface area contributed by atoms with Crippen molar-refractivity contribution in [1.29, 1.82) is 0 Å². The number of ether oxygens (including phenoxy) is 1. The lowest BCUT2D eigenvalue weighted by Crippen LogP contribution is -2.53. The molecular weight excluding hydrogens is 480 g/mol. The van der Waals surface area contributed by atoms with Gasteiger partial charge in [-0.2, -0.15) is 0 Å². The normalized spacial score (nSPS) is 20.7. The molecule has 1 saturated carbocycles. The molecule has 8 nitrogen and oxygen atoms in total. The van der Waals surface area contributed by atoms with Gasteiger partial charge in [-0.25, -0.2) is 0 Å². The number of fused-ring (bicyclic) bond motifs is 1. The predicted octanol–water partition coefficient (Wildman–Crippen LogP) is 3.66. The second-order valence-electron chi connectivity index (χ2n) is 9.82. The van der Waals surface area contributed by atoms with Gasteiger partial charge in [0.05, 0.1) is 11.4 Å². The largest absolute Gasteiger partial charge is 0.484 e. The van der Waals surface area contributed by atoms with Gasteiger partial charge in [0, 0.05) is 24.1 Å². The number of carbonyl (C=O) groups excluding carboxylic acids is 3. The number of rotatable bonds is 7. The summed E-state index contributed by atoms with van der Waals surface area (Å²) >= 11 is 0. The summed E-state index contributed by atoms with van der Waals surface area (Å²) in [5.41, 5.74) is 8.47. The number of nitrogens with zero attached hydrogens (tertiary/aromatic N) is 1. The molecule has 0 spiro atoms. The number of amides is 3. The first-order chi connectivity index (χ1) is 18.5. The van der Waals surface area contributed by atoms with Crippen molar-refractivity contribution in [3.63, 3.8) is 0 Å². The summed E-state index contributed by atoms with van der Waals surface area (Å²) in [5.74, 6) is -0.353. The molecule has 1 aliphatic heterocycles. The molecule has 1 heterocycles. The van der Waals surface area contributed by atoms with Gasteiger partial charge in [-0.05, 0) is 48.7 Å². The van der Waals surface area contributed by atoms with Crippen LogP contribution in [0.5, 0.6) is 5.75 Å². The summed E-state index contributed by atoms with van der Waals surface area (Å²) < 4.78 is 5.73. The van der Waals surface area contributed by atoms with Crippen molar-refractivity contribution in [2.45, 2.75) is 50.2 Å². The Labute approximate surface area is 222 Å². The fourth-order valence-electron chi connectivity index (χ4n) is 5.14. The molecule has 196 valence electrons. The first-order valence-corrected chi connectivity index (χ1v) is 13.0. The highest BCUT2D eigenvalue weighted by Gasteiger charge is 2.37. The van der Waals surface area contributed by atoms with E-state index in [1.165, 1.54) is 4.90 Å². The van der Waals surface area contributed by atoms with Crippen LogP contribution >= 0.6 is 0 Å². The molecule has 3 unspecified atom stereocenters. The zero-order chi connectivity index (χ0) is 26.5. The van der Waals surface area contributed by atoms with Crippen LogP contribution < -0.4 is 26.0 Å². The third-order valence-electron chi connectivity index (χ3n) is 7.17. The average Bonchev–Trinajstić information content (AvgIpc) is 2.94. The summed E-state index contributed by atoms with van der Waals surface area (Å²) in [6.45, 7) is -0.232. The molecule has 1 fully saturated rings. The first-order valence-electron chi connectivity index (χ1n) is 13.0. The topological polar surface area (TPSA) is 114 Å². The van der Waals surface area contributed by atoms with E-state index in [4.69, 9.17) is 10.5 Å². The van der Waals surface area contributed by atoms with E-state index in [9.17, 15) is 14.4 Å². The Morgan fingerprint density at radius 1 is 0.974 bits per heavy atom. The number of benzene rings is 3. The Morgan fingerprint density at radius 2 is 1.68 bits per heavy atom. The van der Waals surface area contributed by atoms with Crippen LogP contribution in [0.25, 0.3) is 0 Å². The van der Waals surface area contributed by atoms with Gasteiger partial charge >= 0.3 is 0 Å². The maximum atomic E-state index is 13.5. The standard InChI is InChI=1S/C30H32N4O4/c31-23-13-7-8-14-24(23)32-29(36)21-15-16-26-25(18-21)33-30(37)27(17-20-9-3-1-4-10-20)34(26)28(35)19-38-22-11-5-2-6-12-22/h1-6,9-12,15-16,18,23-24,27H,7-8,13-14,17,19,31H2,(H,32,36)(H,33,37). The van der Waals surface area contributed by atoms with E-state index in [0.717, 1.165) is 31.2 Å². The van der Waals surface area contributed by atoms with Gasteiger partial charge in [0.1, 0.15) is 11.8 Å². The highest BCUT2D eigenvalue weighted by atomic mass is 16.5. The second-order valence-corrected chi connectivity index (χ2v) is 9.82. The van der Waals surface area contributed by atoms with Crippen LogP contribution in [0.15, 0.2) is 78.9 Å². The van der Waals surface area contributed by atoms with Gasteiger partial charge in [-0.15, -0.1) is 0 Å². The maximum absolute atomic E-state index is 13.5. The summed E-state index contributed by atoms with van der Waals surface area (Å²) in [4.78, 5) is 41.4. The van der Waals surface area contributed by atoms with Gasteiger partial charge < -0.3 is 21.1 Å². The minimum atomic E-state index is -0.767. The van der Waals surface area contributed by atoms with Crippen molar-refractivity contribution in [3.8, 4) is 5.75 Å². The van der Waals surface area contributed by atoms with Gasteiger partial charge in [-0.3, -0.25) is 19.3 Å². The highest BCUT2D eigenvalue weighted by molar-refractivity contribution is 6.13. The number of nitrogens with one attached hydrogen (secondary N) is 2. The first kappa shape index (κ1) is 25.5. The Balaban J connectivity index is 1.41. The molecule has 5 rings (SSSR count). The van der Waals surface area contributed by atoms with E-state index >= 15 is 0 Å². The summed E-state index contributed by atoms with van der Waals surface area (Å²) in [7, 11) is 0. The van der Waals surface area contributed by atoms with Crippen LogP contribution in [-0.4, -0.2) is 42.5 Å². The predicted molar refractivity (Wildman–Crippen MR) is 146 cm³/mol.